The van der Waals surface area contributed by atoms with Gasteiger partial charge in [-0.1, -0.05) is 6.07 Å². The fourth-order valence-corrected chi connectivity index (χ4v) is 2.93. The van der Waals surface area contributed by atoms with E-state index in [1.54, 1.807) is 0 Å². The highest BCUT2D eigenvalue weighted by molar-refractivity contribution is 5.75. The van der Waals surface area contributed by atoms with E-state index in [1.807, 2.05) is 6.07 Å². The Balaban J connectivity index is 1.78. The number of benzene rings is 1. The predicted molar refractivity (Wildman–Crippen MR) is 89.6 cm³/mol. The molecule has 1 unspecified atom stereocenters. The van der Waals surface area contributed by atoms with Gasteiger partial charge in [-0.3, -0.25) is 9.79 Å². The van der Waals surface area contributed by atoms with E-state index < -0.39 is 5.97 Å². The van der Waals surface area contributed by atoms with Crippen molar-refractivity contribution in [2.24, 2.45) is 22.4 Å². The van der Waals surface area contributed by atoms with Crippen LogP contribution in [0.1, 0.15) is 36.8 Å². The van der Waals surface area contributed by atoms with Gasteiger partial charge in [0.1, 0.15) is 5.75 Å². The van der Waals surface area contributed by atoms with E-state index in [4.69, 9.17) is 21.3 Å². The van der Waals surface area contributed by atoms with Gasteiger partial charge in [-0.05, 0) is 61.3 Å². The fraction of sp³-hybridized carbons (Fsp3) is 0.529. The van der Waals surface area contributed by atoms with Gasteiger partial charge in [-0.15, -0.1) is 0 Å². The van der Waals surface area contributed by atoms with Gasteiger partial charge < -0.3 is 21.3 Å². The molecular formula is C17H25N3O3. The average Bonchev–Trinajstić information content (AvgIpc) is 2.50. The highest BCUT2D eigenvalue weighted by Crippen LogP contribution is 2.30. The predicted octanol–water partition coefficient (Wildman–Crippen LogP) is 1.70. The van der Waals surface area contributed by atoms with Crippen molar-refractivity contribution in [2.45, 2.75) is 38.5 Å². The summed E-state index contributed by atoms with van der Waals surface area (Å²) in [6, 6.07) is 6.12. The fourth-order valence-electron chi connectivity index (χ4n) is 2.93. The highest BCUT2D eigenvalue weighted by atomic mass is 16.5. The molecule has 6 nitrogen and oxygen atoms in total. The van der Waals surface area contributed by atoms with Crippen molar-refractivity contribution in [3.63, 3.8) is 0 Å². The number of nitrogens with zero attached hydrogens (tertiary/aromatic N) is 1. The minimum absolute atomic E-state index is 0.127. The van der Waals surface area contributed by atoms with Crippen LogP contribution >= 0.6 is 0 Å². The first kappa shape index (κ1) is 17.1. The lowest BCUT2D eigenvalue weighted by Crippen LogP contribution is -2.23. The Kier molecular flexibility index (Phi) is 6.26. The Bertz CT molecular complexity index is 568. The SMILES string of the molecule is NC(N)=NCCCCOc1ccc2c(c1)CCC(CC(=O)O)C2. The van der Waals surface area contributed by atoms with Gasteiger partial charge in [0, 0.05) is 13.0 Å². The standard InChI is InChI=1S/C17H25N3O3/c18-17(19)20-7-1-2-8-23-15-6-5-13-9-12(10-16(21)22)3-4-14(13)11-15/h5-6,11-12H,1-4,7-10H2,(H,21,22)(H4,18,19,20). The summed E-state index contributed by atoms with van der Waals surface area (Å²) in [7, 11) is 0. The third-order valence-electron chi connectivity index (χ3n) is 4.09. The second kappa shape index (κ2) is 8.41. The van der Waals surface area contributed by atoms with Crippen molar-refractivity contribution in [1.82, 2.24) is 0 Å². The van der Waals surface area contributed by atoms with Crippen LogP contribution in [0, 0.1) is 5.92 Å². The smallest absolute Gasteiger partial charge is 0.303 e. The zero-order chi connectivity index (χ0) is 16.7. The molecule has 23 heavy (non-hydrogen) atoms. The molecule has 0 amide bonds. The Labute approximate surface area is 136 Å². The Hall–Kier alpha value is -2.24. The molecule has 1 aromatic rings. The Morgan fingerprint density at radius 1 is 1.30 bits per heavy atom. The molecular weight excluding hydrogens is 294 g/mol. The molecule has 0 saturated carbocycles. The van der Waals surface area contributed by atoms with Crippen LogP contribution in [-0.4, -0.2) is 30.2 Å². The monoisotopic (exact) mass is 319 g/mol. The maximum absolute atomic E-state index is 10.8. The number of hydrogen-bond donors (Lipinski definition) is 3. The summed E-state index contributed by atoms with van der Waals surface area (Å²) in [5.74, 6) is 0.547. The van der Waals surface area contributed by atoms with E-state index >= 15 is 0 Å². The first-order valence-corrected chi connectivity index (χ1v) is 8.06. The van der Waals surface area contributed by atoms with Crippen LogP contribution in [0.25, 0.3) is 0 Å². The van der Waals surface area contributed by atoms with Gasteiger partial charge in [0.05, 0.1) is 6.61 Å². The maximum atomic E-state index is 10.8. The molecule has 0 heterocycles. The average molecular weight is 319 g/mol. The molecule has 126 valence electrons. The molecule has 1 aliphatic rings. The Morgan fingerprint density at radius 2 is 2.13 bits per heavy atom. The van der Waals surface area contributed by atoms with Gasteiger partial charge >= 0.3 is 5.97 Å². The minimum Gasteiger partial charge on any atom is -0.494 e. The number of carboxylic acid groups (broad SMARTS) is 1. The van der Waals surface area contributed by atoms with Crippen LogP contribution in [0.3, 0.4) is 0 Å². The number of nitrogens with two attached hydrogens (primary N) is 2. The van der Waals surface area contributed by atoms with E-state index in [0.29, 0.717) is 13.2 Å². The molecule has 6 heteroatoms. The number of carboxylic acids is 1. The van der Waals surface area contributed by atoms with Crippen LogP contribution in [0.15, 0.2) is 23.2 Å². The van der Waals surface area contributed by atoms with Gasteiger partial charge in [0.15, 0.2) is 5.96 Å². The second-order valence-electron chi connectivity index (χ2n) is 6.00. The number of unbranched alkanes of at least 4 members (excludes halogenated alkanes) is 1. The van der Waals surface area contributed by atoms with E-state index in [2.05, 4.69) is 17.1 Å². The van der Waals surface area contributed by atoms with Crippen molar-refractivity contribution >= 4 is 11.9 Å². The normalized spacial score (nSPS) is 16.4. The Morgan fingerprint density at radius 3 is 2.87 bits per heavy atom. The van der Waals surface area contributed by atoms with E-state index in [-0.39, 0.29) is 18.3 Å². The minimum atomic E-state index is -0.709. The van der Waals surface area contributed by atoms with Crippen LogP contribution in [0.5, 0.6) is 5.75 Å². The molecule has 0 radical (unpaired) electrons. The number of fused-ring (bicyclic) bond motifs is 1. The number of ether oxygens (including phenoxy) is 1. The zero-order valence-corrected chi connectivity index (χ0v) is 13.3. The first-order chi connectivity index (χ1) is 11.0. The summed E-state index contributed by atoms with van der Waals surface area (Å²) in [5.41, 5.74) is 13.1. The summed E-state index contributed by atoms with van der Waals surface area (Å²) in [6.07, 6.45) is 4.75. The summed E-state index contributed by atoms with van der Waals surface area (Å²) in [4.78, 5) is 14.8. The third kappa shape index (κ3) is 5.81. The van der Waals surface area contributed by atoms with Crippen LogP contribution in [0.2, 0.25) is 0 Å². The quantitative estimate of drug-likeness (QED) is 0.384. The van der Waals surface area contributed by atoms with E-state index in [1.165, 1.54) is 11.1 Å². The lowest BCUT2D eigenvalue weighted by atomic mass is 9.82. The molecule has 0 bridgehead atoms. The lowest BCUT2D eigenvalue weighted by Gasteiger charge is -2.23. The first-order valence-electron chi connectivity index (χ1n) is 8.06. The summed E-state index contributed by atoms with van der Waals surface area (Å²) in [6.45, 7) is 1.27. The number of rotatable bonds is 8. The van der Waals surface area contributed by atoms with Crippen molar-refractivity contribution in [3.05, 3.63) is 29.3 Å². The third-order valence-corrected chi connectivity index (χ3v) is 4.09. The lowest BCUT2D eigenvalue weighted by molar-refractivity contribution is -0.138. The van der Waals surface area contributed by atoms with Gasteiger partial charge in [0.2, 0.25) is 0 Å². The van der Waals surface area contributed by atoms with Crippen molar-refractivity contribution < 1.29 is 14.6 Å². The number of guanidine groups is 1. The molecule has 1 atom stereocenters. The molecule has 1 aliphatic carbocycles. The molecule has 0 spiro atoms. The summed E-state index contributed by atoms with van der Waals surface area (Å²) in [5, 5.41) is 8.90. The van der Waals surface area contributed by atoms with E-state index in [9.17, 15) is 4.79 Å². The summed E-state index contributed by atoms with van der Waals surface area (Å²) >= 11 is 0. The van der Waals surface area contributed by atoms with Gasteiger partial charge in [-0.2, -0.15) is 0 Å². The zero-order valence-electron chi connectivity index (χ0n) is 13.3. The largest absolute Gasteiger partial charge is 0.494 e. The molecule has 0 saturated heterocycles. The number of aliphatic imine (C=N–C) groups is 1. The van der Waals surface area contributed by atoms with Crippen LogP contribution in [-0.2, 0) is 17.6 Å². The number of hydrogen-bond acceptors (Lipinski definition) is 3. The van der Waals surface area contributed by atoms with Crippen LogP contribution in [0.4, 0.5) is 0 Å². The highest BCUT2D eigenvalue weighted by Gasteiger charge is 2.21. The van der Waals surface area contributed by atoms with Crippen molar-refractivity contribution in [2.75, 3.05) is 13.2 Å². The van der Waals surface area contributed by atoms with Crippen molar-refractivity contribution in [3.8, 4) is 5.75 Å². The second-order valence-corrected chi connectivity index (χ2v) is 6.00. The summed E-state index contributed by atoms with van der Waals surface area (Å²) < 4.78 is 5.77. The van der Waals surface area contributed by atoms with Gasteiger partial charge in [-0.25, -0.2) is 0 Å². The molecule has 0 aliphatic heterocycles. The number of aryl methyl sites for hydroxylation is 1. The van der Waals surface area contributed by atoms with Gasteiger partial charge in [0.25, 0.3) is 0 Å². The van der Waals surface area contributed by atoms with Crippen molar-refractivity contribution in [1.29, 1.82) is 0 Å². The molecule has 2 rings (SSSR count). The number of carbonyl (C=O) groups is 1. The molecule has 5 N–H and O–H groups in total. The topological polar surface area (TPSA) is 111 Å². The van der Waals surface area contributed by atoms with Crippen LogP contribution < -0.4 is 16.2 Å². The maximum Gasteiger partial charge on any atom is 0.303 e. The number of aliphatic carboxylic acids is 1. The van der Waals surface area contributed by atoms with E-state index in [0.717, 1.165) is 37.9 Å². The molecule has 0 fully saturated rings. The molecule has 0 aromatic heterocycles. The molecule has 1 aromatic carbocycles.